The molecule has 0 atom stereocenters. The van der Waals surface area contributed by atoms with Gasteiger partial charge in [0.05, 0.1) is 0 Å². The van der Waals surface area contributed by atoms with Crippen molar-refractivity contribution in [3.8, 4) is 0 Å². The molecule has 1 nitrogen and oxygen atoms in total. The third kappa shape index (κ3) is 2.59. The lowest BCUT2D eigenvalue weighted by Crippen LogP contribution is -2.31. The first-order valence-corrected chi connectivity index (χ1v) is 7.11. The zero-order valence-corrected chi connectivity index (χ0v) is 10.7. The molecule has 1 aromatic carbocycles. The highest BCUT2D eigenvalue weighted by atomic mass is 32.1. The smallest absolute Gasteiger partial charge is 0.0330 e. The molecule has 2 heteroatoms. The summed E-state index contributed by atoms with van der Waals surface area (Å²) in [5, 5.41) is 2.23. The summed E-state index contributed by atoms with van der Waals surface area (Å²) in [7, 11) is 0. The van der Waals surface area contributed by atoms with Crippen LogP contribution in [0.4, 0.5) is 0 Å². The van der Waals surface area contributed by atoms with Crippen molar-refractivity contribution in [2.45, 2.75) is 19.4 Å². The van der Waals surface area contributed by atoms with Gasteiger partial charge < -0.3 is 0 Å². The van der Waals surface area contributed by atoms with E-state index in [0.717, 1.165) is 6.54 Å². The fraction of sp³-hybridized carbons (Fsp3) is 0.333. The summed E-state index contributed by atoms with van der Waals surface area (Å²) in [6.45, 7) is 3.55. The van der Waals surface area contributed by atoms with Crippen LogP contribution in [-0.4, -0.2) is 18.0 Å². The largest absolute Gasteiger partial charge is 0.298 e. The van der Waals surface area contributed by atoms with Crippen LogP contribution in [0.3, 0.4) is 0 Å². The van der Waals surface area contributed by atoms with Crippen LogP contribution in [0.25, 0.3) is 0 Å². The van der Waals surface area contributed by atoms with Crippen LogP contribution >= 0.6 is 11.3 Å². The van der Waals surface area contributed by atoms with Gasteiger partial charge in [-0.25, -0.2) is 0 Å². The molecular formula is C15H17NS. The zero-order valence-electron chi connectivity index (χ0n) is 9.93. The summed E-state index contributed by atoms with van der Waals surface area (Å²) in [6.07, 6.45) is 2.40. The molecule has 2 aromatic rings. The summed E-state index contributed by atoms with van der Waals surface area (Å²) in [5.74, 6) is 0. The van der Waals surface area contributed by atoms with Crippen molar-refractivity contribution < 1.29 is 0 Å². The van der Waals surface area contributed by atoms with Crippen molar-refractivity contribution in [1.29, 1.82) is 0 Å². The maximum Gasteiger partial charge on any atom is 0.0330 e. The van der Waals surface area contributed by atoms with Gasteiger partial charge in [-0.05, 0) is 35.4 Å². The van der Waals surface area contributed by atoms with Crippen LogP contribution in [0.2, 0.25) is 0 Å². The molecule has 0 saturated carbocycles. The molecule has 0 spiro atoms. The van der Waals surface area contributed by atoms with Gasteiger partial charge in [-0.2, -0.15) is 0 Å². The molecule has 1 aromatic heterocycles. The molecule has 0 unspecified atom stereocenters. The second kappa shape index (κ2) is 5.03. The minimum absolute atomic E-state index is 1.15. The number of hydrogen-bond acceptors (Lipinski definition) is 2. The lowest BCUT2D eigenvalue weighted by Gasteiger charge is -2.26. The average Bonchev–Trinajstić information content (AvgIpc) is 2.85. The third-order valence-corrected chi connectivity index (χ3v) is 4.41. The van der Waals surface area contributed by atoms with Crippen LogP contribution in [-0.2, 0) is 19.4 Å². The molecule has 0 N–H and O–H groups in total. The highest BCUT2D eigenvalue weighted by molar-refractivity contribution is 7.10. The van der Waals surface area contributed by atoms with Crippen molar-refractivity contribution in [3.63, 3.8) is 0 Å². The fourth-order valence-electron chi connectivity index (χ4n) is 2.41. The first-order valence-electron chi connectivity index (χ1n) is 6.23. The van der Waals surface area contributed by atoms with Gasteiger partial charge in [0.25, 0.3) is 0 Å². The highest BCUT2D eigenvalue weighted by Gasteiger charge is 2.16. The molecule has 88 valence electrons. The molecule has 0 fully saturated rings. The Labute approximate surface area is 107 Å². The molecule has 1 aliphatic rings. The van der Waals surface area contributed by atoms with Crippen LogP contribution in [0, 0.1) is 0 Å². The van der Waals surface area contributed by atoms with Gasteiger partial charge in [0.15, 0.2) is 0 Å². The Morgan fingerprint density at radius 1 is 1.12 bits per heavy atom. The Morgan fingerprint density at radius 2 is 2.00 bits per heavy atom. The summed E-state index contributed by atoms with van der Waals surface area (Å²) in [5.41, 5.74) is 3.02. The van der Waals surface area contributed by atoms with Crippen molar-refractivity contribution in [3.05, 3.63) is 57.8 Å². The van der Waals surface area contributed by atoms with Crippen LogP contribution in [0.1, 0.15) is 16.0 Å². The number of thiophene rings is 1. The van der Waals surface area contributed by atoms with Gasteiger partial charge in [-0.3, -0.25) is 4.90 Å². The zero-order chi connectivity index (χ0) is 11.5. The second-order valence-electron chi connectivity index (χ2n) is 4.63. The van der Waals surface area contributed by atoms with E-state index in [4.69, 9.17) is 0 Å². The highest BCUT2D eigenvalue weighted by Crippen LogP contribution is 2.24. The van der Waals surface area contributed by atoms with E-state index >= 15 is 0 Å². The first kappa shape index (κ1) is 11.0. The first-order chi connectivity index (χ1) is 8.42. The Morgan fingerprint density at radius 3 is 2.88 bits per heavy atom. The van der Waals surface area contributed by atoms with E-state index in [-0.39, 0.29) is 0 Å². The van der Waals surface area contributed by atoms with Crippen molar-refractivity contribution in [1.82, 2.24) is 4.90 Å². The predicted octanol–water partition coefficient (Wildman–Crippen LogP) is 3.35. The predicted molar refractivity (Wildman–Crippen MR) is 73.4 cm³/mol. The maximum atomic E-state index is 2.58. The summed E-state index contributed by atoms with van der Waals surface area (Å²) in [4.78, 5) is 4.15. The SMILES string of the molecule is c1ccc(CCN2CCc3ccsc3C2)cc1. The molecule has 1 aliphatic heterocycles. The van der Waals surface area contributed by atoms with Gasteiger partial charge in [0.2, 0.25) is 0 Å². The monoisotopic (exact) mass is 243 g/mol. The van der Waals surface area contributed by atoms with Gasteiger partial charge >= 0.3 is 0 Å². The average molecular weight is 243 g/mol. The summed E-state index contributed by atoms with van der Waals surface area (Å²) < 4.78 is 0. The van der Waals surface area contributed by atoms with Gasteiger partial charge in [-0.15, -0.1) is 11.3 Å². The van der Waals surface area contributed by atoms with Crippen molar-refractivity contribution >= 4 is 11.3 Å². The minimum Gasteiger partial charge on any atom is -0.298 e. The van der Waals surface area contributed by atoms with E-state index in [1.54, 1.807) is 10.4 Å². The maximum absolute atomic E-state index is 2.58. The molecule has 3 rings (SSSR count). The van der Waals surface area contributed by atoms with Crippen LogP contribution < -0.4 is 0 Å². The van der Waals surface area contributed by atoms with E-state index in [1.807, 2.05) is 11.3 Å². The topological polar surface area (TPSA) is 3.24 Å². The van der Waals surface area contributed by atoms with E-state index in [0.29, 0.717) is 0 Å². The number of nitrogens with zero attached hydrogens (tertiary/aromatic N) is 1. The van der Waals surface area contributed by atoms with Crippen molar-refractivity contribution in [2.24, 2.45) is 0 Å². The molecule has 17 heavy (non-hydrogen) atoms. The molecule has 0 aliphatic carbocycles. The summed E-state index contributed by atoms with van der Waals surface area (Å²) in [6, 6.07) is 13.1. The molecular weight excluding hydrogens is 226 g/mol. The number of rotatable bonds is 3. The standard InChI is InChI=1S/C15H17NS/c1-2-4-13(5-3-1)6-9-16-10-7-14-8-11-17-15(14)12-16/h1-5,8,11H,6-7,9-10,12H2. The third-order valence-electron chi connectivity index (χ3n) is 3.46. The fourth-order valence-corrected chi connectivity index (χ4v) is 3.39. The molecule has 0 amide bonds. The van der Waals surface area contributed by atoms with E-state index in [9.17, 15) is 0 Å². The molecule has 0 saturated heterocycles. The van der Waals surface area contributed by atoms with Crippen molar-refractivity contribution in [2.75, 3.05) is 13.1 Å². The van der Waals surface area contributed by atoms with E-state index in [1.165, 1.54) is 31.5 Å². The van der Waals surface area contributed by atoms with Gasteiger partial charge in [0, 0.05) is 24.5 Å². The number of benzene rings is 1. The molecule has 0 radical (unpaired) electrons. The van der Waals surface area contributed by atoms with E-state index in [2.05, 4.69) is 46.7 Å². The Bertz CT molecular complexity index is 475. The van der Waals surface area contributed by atoms with E-state index < -0.39 is 0 Å². The lowest BCUT2D eigenvalue weighted by atomic mass is 10.1. The van der Waals surface area contributed by atoms with Gasteiger partial charge in [-0.1, -0.05) is 30.3 Å². The normalized spacial score (nSPS) is 15.8. The van der Waals surface area contributed by atoms with Crippen LogP contribution in [0.15, 0.2) is 41.8 Å². The number of fused-ring (bicyclic) bond motifs is 1. The Hall–Kier alpha value is -1.12. The number of hydrogen-bond donors (Lipinski definition) is 0. The minimum atomic E-state index is 1.15. The quantitative estimate of drug-likeness (QED) is 0.799. The molecule has 0 bridgehead atoms. The second-order valence-corrected chi connectivity index (χ2v) is 5.63. The van der Waals surface area contributed by atoms with Crippen LogP contribution in [0.5, 0.6) is 0 Å². The lowest BCUT2D eigenvalue weighted by molar-refractivity contribution is 0.261. The Balaban J connectivity index is 1.58. The summed E-state index contributed by atoms with van der Waals surface area (Å²) >= 11 is 1.91. The molecule has 2 heterocycles. The Kier molecular flexibility index (Phi) is 3.25. The van der Waals surface area contributed by atoms with Gasteiger partial charge in [0.1, 0.15) is 0 Å².